The number of aromatic nitrogens is 1. The highest BCUT2D eigenvalue weighted by Gasteiger charge is 2.22. The Morgan fingerprint density at radius 3 is 3.00 bits per heavy atom. The van der Waals surface area contributed by atoms with Gasteiger partial charge in [-0.15, -0.1) is 0 Å². The van der Waals surface area contributed by atoms with Gasteiger partial charge in [0.05, 0.1) is 0 Å². The Balaban J connectivity index is 2.03. The molecule has 1 saturated carbocycles. The van der Waals surface area contributed by atoms with Crippen molar-refractivity contribution in [3.8, 4) is 5.88 Å². The van der Waals surface area contributed by atoms with Gasteiger partial charge in [-0.1, -0.05) is 13.0 Å². The third-order valence-corrected chi connectivity index (χ3v) is 3.30. The molecule has 0 aromatic carbocycles. The van der Waals surface area contributed by atoms with E-state index in [1.165, 1.54) is 24.8 Å². The Morgan fingerprint density at radius 2 is 2.35 bits per heavy atom. The van der Waals surface area contributed by atoms with Gasteiger partial charge in [-0.2, -0.15) is 0 Å². The summed E-state index contributed by atoms with van der Waals surface area (Å²) in [5.74, 6) is 0.813. The van der Waals surface area contributed by atoms with Crippen molar-refractivity contribution < 1.29 is 4.74 Å². The van der Waals surface area contributed by atoms with Crippen LogP contribution in [0.5, 0.6) is 5.88 Å². The van der Waals surface area contributed by atoms with Gasteiger partial charge in [0.1, 0.15) is 6.10 Å². The van der Waals surface area contributed by atoms with Gasteiger partial charge in [0, 0.05) is 17.8 Å². The molecular weight excluding hydrogens is 212 g/mol. The van der Waals surface area contributed by atoms with Crippen LogP contribution in [-0.4, -0.2) is 17.6 Å². The van der Waals surface area contributed by atoms with Gasteiger partial charge >= 0.3 is 0 Å². The minimum atomic E-state index is 0.304. The lowest BCUT2D eigenvalue weighted by Gasteiger charge is -2.27. The van der Waals surface area contributed by atoms with Gasteiger partial charge in [0.2, 0.25) is 5.88 Å². The molecule has 3 nitrogen and oxygen atoms in total. The molecule has 1 aliphatic carbocycles. The molecule has 0 saturated heterocycles. The van der Waals surface area contributed by atoms with Crippen molar-refractivity contribution in [3.63, 3.8) is 0 Å². The maximum Gasteiger partial charge on any atom is 0.218 e. The Morgan fingerprint density at radius 1 is 1.53 bits per heavy atom. The van der Waals surface area contributed by atoms with Crippen LogP contribution in [0.2, 0.25) is 0 Å². The third kappa shape index (κ3) is 3.19. The van der Waals surface area contributed by atoms with Gasteiger partial charge in [0.15, 0.2) is 0 Å². The van der Waals surface area contributed by atoms with Crippen molar-refractivity contribution in [1.29, 1.82) is 0 Å². The van der Waals surface area contributed by atoms with Crippen molar-refractivity contribution in [1.82, 2.24) is 10.3 Å². The van der Waals surface area contributed by atoms with Crippen LogP contribution < -0.4 is 10.1 Å². The molecule has 0 spiro atoms. The number of rotatable bonds is 6. The monoisotopic (exact) mass is 234 g/mol. The second-order valence-electron chi connectivity index (χ2n) is 4.74. The van der Waals surface area contributed by atoms with E-state index in [2.05, 4.69) is 30.2 Å². The summed E-state index contributed by atoms with van der Waals surface area (Å²) in [5, 5.41) is 3.48. The van der Waals surface area contributed by atoms with E-state index in [-0.39, 0.29) is 0 Å². The van der Waals surface area contributed by atoms with Gasteiger partial charge in [0.25, 0.3) is 0 Å². The molecule has 1 fully saturated rings. The average molecular weight is 234 g/mol. The quantitative estimate of drug-likeness (QED) is 0.821. The van der Waals surface area contributed by atoms with Gasteiger partial charge < -0.3 is 10.1 Å². The lowest BCUT2D eigenvalue weighted by molar-refractivity contribution is 0.112. The fourth-order valence-corrected chi connectivity index (χ4v) is 1.95. The maximum absolute atomic E-state index is 5.93. The van der Waals surface area contributed by atoms with Crippen LogP contribution in [0.3, 0.4) is 0 Å². The van der Waals surface area contributed by atoms with Crippen molar-refractivity contribution in [3.05, 3.63) is 23.9 Å². The van der Waals surface area contributed by atoms with Crippen LogP contribution in [0.1, 0.15) is 51.1 Å². The van der Waals surface area contributed by atoms with E-state index in [4.69, 9.17) is 4.74 Å². The Kier molecular flexibility index (Phi) is 4.37. The fourth-order valence-electron chi connectivity index (χ4n) is 1.95. The molecule has 1 aromatic rings. The summed E-state index contributed by atoms with van der Waals surface area (Å²) in [6.45, 7) is 5.37. The second-order valence-corrected chi connectivity index (χ2v) is 4.74. The third-order valence-electron chi connectivity index (χ3n) is 3.30. The van der Waals surface area contributed by atoms with E-state index in [1.54, 1.807) is 0 Å². The highest BCUT2D eigenvalue weighted by molar-refractivity contribution is 5.28. The predicted molar refractivity (Wildman–Crippen MR) is 69.2 cm³/mol. The molecule has 1 aliphatic rings. The van der Waals surface area contributed by atoms with E-state index in [1.807, 2.05) is 12.3 Å². The summed E-state index contributed by atoms with van der Waals surface area (Å²) in [6, 6.07) is 4.39. The molecular formula is C14H22N2O. The van der Waals surface area contributed by atoms with E-state index < -0.39 is 0 Å². The summed E-state index contributed by atoms with van der Waals surface area (Å²) < 4.78 is 5.93. The molecule has 1 unspecified atom stereocenters. The van der Waals surface area contributed by atoms with Crippen LogP contribution >= 0.6 is 0 Å². The highest BCUT2D eigenvalue weighted by atomic mass is 16.5. The molecule has 94 valence electrons. The maximum atomic E-state index is 5.93. The number of hydrogen-bond acceptors (Lipinski definition) is 3. The summed E-state index contributed by atoms with van der Waals surface area (Å²) >= 11 is 0. The molecule has 2 rings (SSSR count). The highest BCUT2D eigenvalue weighted by Crippen LogP contribution is 2.28. The number of pyridine rings is 1. The van der Waals surface area contributed by atoms with Crippen molar-refractivity contribution >= 4 is 0 Å². The molecule has 17 heavy (non-hydrogen) atoms. The normalized spacial score (nSPS) is 17.5. The van der Waals surface area contributed by atoms with Gasteiger partial charge in [-0.25, -0.2) is 4.98 Å². The Bertz CT molecular complexity index is 350. The standard InChI is InChI=1S/C14H22N2O/c1-3-9-15-11(2)13-8-5-10-16-14(13)17-12-6-4-7-12/h5,8,10-12,15H,3-4,6-7,9H2,1-2H3. The minimum Gasteiger partial charge on any atom is -0.474 e. The molecule has 3 heteroatoms. The van der Waals surface area contributed by atoms with Crippen molar-refractivity contribution in [2.24, 2.45) is 0 Å². The van der Waals surface area contributed by atoms with Crippen LogP contribution in [-0.2, 0) is 0 Å². The number of ether oxygens (including phenoxy) is 1. The molecule has 0 aliphatic heterocycles. The first-order valence-electron chi connectivity index (χ1n) is 6.66. The second kappa shape index (κ2) is 6.01. The number of nitrogens with zero attached hydrogens (tertiary/aromatic N) is 1. The zero-order valence-electron chi connectivity index (χ0n) is 10.8. The summed E-state index contributed by atoms with van der Waals surface area (Å²) in [7, 11) is 0. The molecule has 0 radical (unpaired) electrons. The first kappa shape index (κ1) is 12.4. The van der Waals surface area contributed by atoms with Crippen molar-refractivity contribution in [2.45, 2.75) is 51.7 Å². The molecule has 0 bridgehead atoms. The Hall–Kier alpha value is -1.09. The van der Waals surface area contributed by atoms with E-state index in [9.17, 15) is 0 Å². The summed E-state index contributed by atoms with van der Waals surface area (Å²) in [4.78, 5) is 4.37. The van der Waals surface area contributed by atoms with Crippen LogP contribution in [0.15, 0.2) is 18.3 Å². The first-order valence-corrected chi connectivity index (χ1v) is 6.66. The SMILES string of the molecule is CCCNC(C)c1cccnc1OC1CCC1. The molecule has 0 amide bonds. The smallest absolute Gasteiger partial charge is 0.218 e. The summed E-state index contributed by atoms with van der Waals surface area (Å²) in [6.07, 6.45) is 6.98. The molecule has 1 aromatic heterocycles. The summed E-state index contributed by atoms with van der Waals surface area (Å²) in [5.41, 5.74) is 1.17. The molecule has 1 N–H and O–H groups in total. The largest absolute Gasteiger partial charge is 0.474 e. The minimum absolute atomic E-state index is 0.304. The average Bonchev–Trinajstić information content (AvgIpc) is 2.31. The van der Waals surface area contributed by atoms with Crippen LogP contribution in [0.25, 0.3) is 0 Å². The molecule has 1 atom stereocenters. The lowest BCUT2D eigenvalue weighted by atomic mass is 9.96. The topological polar surface area (TPSA) is 34.2 Å². The predicted octanol–water partition coefficient (Wildman–Crippen LogP) is 3.07. The number of hydrogen-bond donors (Lipinski definition) is 1. The zero-order chi connectivity index (χ0) is 12.1. The Labute approximate surface area is 104 Å². The lowest BCUT2D eigenvalue weighted by Crippen LogP contribution is -2.27. The fraction of sp³-hybridized carbons (Fsp3) is 0.643. The van der Waals surface area contributed by atoms with Gasteiger partial charge in [-0.3, -0.25) is 0 Å². The first-order chi connectivity index (χ1) is 8.31. The molecule has 1 heterocycles. The van der Waals surface area contributed by atoms with Crippen LogP contribution in [0, 0.1) is 0 Å². The van der Waals surface area contributed by atoms with Crippen molar-refractivity contribution in [2.75, 3.05) is 6.54 Å². The van der Waals surface area contributed by atoms with E-state index in [0.29, 0.717) is 12.1 Å². The van der Waals surface area contributed by atoms with E-state index >= 15 is 0 Å². The van der Waals surface area contributed by atoms with Crippen LogP contribution in [0.4, 0.5) is 0 Å². The van der Waals surface area contributed by atoms with Gasteiger partial charge in [-0.05, 0) is 45.2 Å². The van der Waals surface area contributed by atoms with E-state index in [0.717, 1.165) is 18.8 Å². The zero-order valence-corrected chi connectivity index (χ0v) is 10.8. The number of nitrogens with one attached hydrogen (secondary N) is 1.